The van der Waals surface area contributed by atoms with E-state index in [-0.39, 0.29) is 12.2 Å². The second kappa shape index (κ2) is 14.3. The Hall–Kier alpha value is -0.0800. The molecule has 0 aromatic carbocycles. The van der Waals surface area contributed by atoms with E-state index in [4.69, 9.17) is 0 Å². The molecular formula is C30H60O2. The molecule has 0 aromatic heterocycles. The zero-order chi connectivity index (χ0) is 24.4. The summed E-state index contributed by atoms with van der Waals surface area (Å²) < 4.78 is 0. The van der Waals surface area contributed by atoms with Crippen LogP contribution in [-0.2, 0) is 0 Å². The van der Waals surface area contributed by atoms with Gasteiger partial charge in [-0.25, -0.2) is 0 Å². The van der Waals surface area contributed by atoms with Crippen LogP contribution in [0.4, 0.5) is 0 Å². The number of rotatable bonds is 10. The lowest BCUT2D eigenvalue weighted by Crippen LogP contribution is -2.34. The molecule has 2 aliphatic carbocycles. The standard InChI is InChI=1S/2C15H30O/c2*1-5-7-13(16)9-10-14-12(2)8-6-11-15(14,3)4/h2*12-14,16H,5-11H2,1-4H3/t2*12-,13-,14+/m10/s1. The van der Waals surface area contributed by atoms with Crippen molar-refractivity contribution in [2.24, 2.45) is 34.5 Å². The fourth-order valence-corrected chi connectivity index (χ4v) is 7.12. The Balaban J connectivity index is 0.000000320. The smallest absolute Gasteiger partial charge is 0.0540 e. The minimum Gasteiger partial charge on any atom is -0.393 e. The summed E-state index contributed by atoms with van der Waals surface area (Å²) in [5.41, 5.74) is 0.979. The van der Waals surface area contributed by atoms with Gasteiger partial charge in [0.05, 0.1) is 12.2 Å². The van der Waals surface area contributed by atoms with Gasteiger partial charge in [0, 0.05) is 0 Å². The van der Waals surface area contributed by atoms with Gasteiger partial charge in [-0.05, 0) is 85.9 Å². The maximum Gasteiger partial charge on any atom is 0.0540 e. The van der Waals surface area contributed by atoms with Gasteiger partial charge in [-0.15, -0.1) is 0 Å². The Morgan fingerprint density at radius 2 is 1.00 bits per heavy atom. The van der Waals surface area contributed by atoms with E-state index in [1.54, 1.807) is 0 Å². The Morgan fingerprint density at radius 1 is 0.656 bits per heavy atom. The molecule has 0 heterocycles. The third-order valence-electron chi connectivity index (χ3n) is 9.21. The maximum absolute atomic E-state index is 9.84. The highest BCUT2D eigenvalue weighted by molar-refractivity contribution is 4.87. The van der Waals surface area contributed by atoms with Gasteiger partial charge in [0.2, 0.25) is 0 Å². The molecule has 0 aromatic rings. The van der Waals surface area contributed by atoms with Gasteiger partial charge in [0.15, 0.2) is 0 Å². The van der Waals surface area contributed by atoms with Crippen molar-refractivity contribution in [3.05, 3.63) is 0 Å². The molecule has 2 aliphatic rings. The van der Waals surface area contributed by atoms with E-state index in [9.17, 15) is 10.2 Å². The van der Waals surface area contributed by atoms with Crippen LogP contribution in [0, 0.1) is 34.5 Å². The number of aliphatic hydroxyl groups excluding tert-OH is 2. The average Bonchev–Trinajstić information content (AvgIpc) is 2.67. The van der Waals surface area contributed by atoms with Crippen molar-refractivity contribution in [3.8, 4) is 0 Å². The Morgan fingerprint density at radius 3 is 1.28 bits per heavy atom. The van der Waals surface area contributed by atoms with Crippen molar-refractivity contribution in [2.75, 3.05) is 0 Å². The van der Waals surface area contributed by atoms with E-state index in [1.807, 2.05) is 0 Å². The quantitative estimate of drug-likeness (QED) is 0.347. The summed E-state index contributed by atoms with van der Waals surface area (Å²) in [4.78, 5) is 0. The second-order valence-electron chi connectivity index (χ2n) is 13.0. The zero-order valence-corrected chi connectivity index (χ0v) is 23.3. The first-order valence-electron chi connectivity index (χ1n) is 14.3. The zero-order valence-electron chi connectivity index (χ0n) is 23.3. The van der Waals surface area contributed by atoms with Crippen LogP contribution in [0.2, 0.25) is 0 Å². The van der Waals surface area contributed by atoms with Gasteiger partial charge in [0.1, 0.15) is 0 Å². The molecule has 2 nitrogen and oxygen atoms in total. The summed E-state index contributed by atoms with van der Waals surface area (Å²) >= 11 is 0. The molecule has 2 rings (SSSR count). The molecule has 0 amide bonds. The number of hydrogen-bond acceptors (Lipinski definition) is 2. The predicted octanol–water partition coefficient (Wildman–Crippen LogP) is 8.78. The molecule has 32 heavy (non-hydrogen) atoms. The first-order valence-corrected chi connectivity index (χ1v) is 14.3. The molecule has 2 N–H and O–H groups in total. The molecule has 192 valence electrons. The summed E-state index contributed by atoms with van der Waals surface area (Å²) in [5, 5.41) is 19.7. The highest BCUT2D eigenvalue weighted by atomic mass is 16.3. The highest BCUT2D eigenvalue weighted by Crippen LogP contribution is 2.47. The second-order valence-corrected chi connectivity index (χ2v) is 13.0. The fraction of sp³-hybridized carbons (Fsp3) is 1.00. The largest absolute Gasteiger partial charge is 0.393 e. The maximum atomic E-state index is 9.84. The first kappa shape index (κ1) is 30.0. The van der Waals surface area contributed by atoms with Crippen molar-refractivity contribution in [1.29, 1.82) is 0 Å². The number of aliphatic hydroxyl groups is 2. The van der Waals surface area contributed by atoms with Crippen molar-refractivity contribution in [1.82, 2.24) is 0 Å². The van der Waals surface area contributed by atoms with Crippen LogP contribution in [0.3, 0.4) is 0 Å². The van der Waals surface area contributed by atoms with Crippen LogP contribution in [0.5, 0.6) is 0 Å². The fourth-order valence-electron chi connectivity index (χ4n) is 7.12. The molecule has 2 saturated carbocycles. The van der Waals surface area contributed by atoms with Crippen molar-refractivity contribution in [3.63, 3.8) is 0 Å². The molecule has 6 atom stereocenters. The molecule has 0 radical (unpaired) electrons. The van der Waals surface area contributed by atoms with Gasteiger partial charge in [0.25, 0.3) is 0 Å². The van der Waals surface area contributed by atoms with E-state index in [0.717, 1.165) is 62.2 Å². The summed E-state index contributed by atoms with van der Waals surface area (Å²) in [7, 11) is 0. The van der Waals surface area contributed by atoms with Crippen LogP contribution < -0.4 is 0 Å². The Labute approximate surface area is 202 Å². The van der Waals surface area contributed by atoms with E-state index >= 15 is 0 Å². The van der Waals surface area contributed by atoms with Crippen molar-refractivity contribution in [2.45, 2.75) is 157 Å². The lowest BCUT2D eigenvalue weighted by Gasteiger charge is -2.43. The number of hydrogen-bond donors (Lipinski definition) is 2. The van der Waals surface area contributed by atoms with Gasteiger partial charge >= 0.3 is 0 Å². The molecule has 0 unspecified atom stereocenters. The van der Waals surface area contributed by atoms with Crippen molar-refractivity contribution >= 4 is 0 Å². The van der Waals surface area contributed by atoms with E-state index in [2.05, 4.69) is 55.4 Å². The molecular weight excluding hydrogens is 392 g/mol. The first-order chi connectivity index (χ1) is 14.9. The molecule has 2 fully saturated rings. The van der Waals surface area contributed by atoms with Crippen LogP contribution in [0.15, 0.2) is 0 Å². The minimum atomic E-state index is -0.0603. The molecule has 0 spiro atoms. The topological polar surface area (TPSA) is 40.5 Å². The highest BCUT2D eigenvalue weighted by Gasteiger charge is 2.37. The summed E-state index contributed by atoms with van der Waals surface area (Å²) in [6, 6.07) is 0. The molecule has 0 bridgehead atoms. The summed E-state index contributed by atoms with van der Waals surface area (Å²) in [6.45, 7) is 18.8. The SMILES string of the molecule is CCC[C@@H](O)CC[C@H]1[C@H](C)CCCC1(C)C.CCC[C@H](O)CC[C@@H]1[C@@H](C)CCCC1(C)C. The Bertz CT molecular complexity index is 439. The van der Waals surface area contributed by atoms with E-state index < -0.39 is 0 Å². The minimum absolute atomic E-state index is 0.0603. The summed E-state index contributed by atoms with van der Waals surface area (Å²) in [5.74, 6) is 3.32. The predicted molar refractivity (Wildman–Crippen MR) is 141 cm³/mol. The molecule has 2 heteroatoms. The van der Waals surface area contributed by atoms with E-state index in [1.165, 1.54) is 51.4 Å². The lowest BCUT2D eigenvalue weighted by molar-refractivity contribution is 0.0557. The van der Waals surface area contributed by atoms with Gasteiger partial charge < -0.3 is 10.2 Å². The monoisotopic (exact) mass is 452 g/mol. The van der Waals surface area contributed by atoms with Gasteiger partial charge in [-0.1, -0.05) is 93.9 Å². The van der Waals surface area contributed by atoms with Crippen LogP contribution >= 0.6 is 0 Å². The van der Waals surface area contributed by atoms with E-state index in [0.29, 0.717) is 10.8 Å². The van der Waals surface area contributed by atoms with Gasteiger partial charge in [-0.2, -0.15) is 0 Å². The van der Waals surface area contributed by atoms with Gasteiger partial charge in [-0.3, -0.25) is 0 Å². The Kier molecular flexibility index (Phi) is 13.4. The molecule has 0 aliphatic heterocycles. The van der Waals surface area contributed by atoms with Crippen LogP contribution in [-0.4, -0.2) is 22.4 Å². The van der Waals surface area contributed by atoms with Crippen LogP contribution in [0.25, 0.3) is 0 Å². The van der Waals surface area contributed by atoms with Crippen LogP contribution in [0.1, 0.15) is 145 Å². The average molecular weight is 453 g/mol. The summed E-state index contributed by atoms with van der Waals surface area (Å²) in [6.07, 6.45) is 16.8. The lowest BCUT2D eigenvalue weighted by atomic mass is 9.62. The third kappa shape index (κ3) is 10.0. The van der Waals surface area contributed by atoms with Crippen molar-refractivity contribution < 1.29 is 10.2 Å². The normalized spacial score (nSPS) is 31.3. The molecule has 0 saturated heterocycles. The third-order valence-corrected chi connectivity index (χ3v) is 9.21.